The summed E-state index contributed by atoms with van der Waals surface area (Å²) in [7, 11) is 5.76. The second-order valence-corrected chi connectivity index (χ2v) is 5.66. The molecule has 2 aliphatic rings. The minimum atomic E-state index is -1.04. The van der Waals surface area contributed by atoms with E-state index in [1.54, 1.807) is 25.1 Å². The molecule has 1 aliphatic heterocycles. The molecule has 2 amide bonds. The maximum absolute atomic E-state index is 14.2. The van der Waals surface area contributed by atoms with Crippen LogP contribution in [0.25, 0.3) is 0 Å². The van der Waals surface area contributed by atoms with E-state index in [1.807, 2.05) is 0 Å². The van der Waals surface area contributed by atoms with Gasteiger partial charge in [-0.05, 0) is 11.6 Å². The van der Waals surface area contributed by atoms with Crippen LogP contribution in [0.2, 0.25) is 0 Å². The highest BCUT2D eigenvalue weighted by Crippen LogP contribution is 2.59. The van der Waals surface area contributed by atoms with Crippen LogP contribution in [0.5, 0.6) is 0 Å². The van der Waals surface area contributed by atoms with Crippen molar-refractivity contribution in [2.24, 2.45) is 11.7 Å². The number of alkyl halides is 1. The highest BCUT2D eigenvalue weighted by Gasteiger charge is 2.67. The second-order valence-electron chi connectivity index (χ2n) is 5.66. The third-order valence-electron chi connectivity index (χ3n) is 4.50. The predicted octanol–water partition coefficient (Wildman–Crippen LogP) is -0.107. The van der Waals surface area contributed by atoms with Gasteiger partial charge in [-0.15, -0.1) is 0 Å². The lowest BCUT2D eigenvalue weighted by molar-refractivity contribution is -0.118. The molecule has 1 saturated carbocycles. The van der Waals surface area contributed by atoms with Gasteiger partial charge in [-0.25, -0.2) is 4.39 Å². The molecule has 4 nitrogen and oxygen atoms in total. The number of carbonyl (C=O) groups excluding carboxylic acids is 2. The average Bonchev–Trinajstić information content (AvgIpc) is 2.89. The topological polar surface area (TPSA) is 63.4 Å². The molecular weight excluding hydrogens is 258 g/mol. The minimum Gasteiger partial charge on any atom is -0.368 e. The van der Waals surface area contributed by atoms with Crippen molar-refractivity contribution in [1.82, 2.24) is 4.90 Å². The summed E-state index contributed by atoms with van der Waals surface area (Å²) in [6.07, 6.45) is -1.04. The summed E-state index contributed by atoms with van der Waals surface area (Å²) in [5.41, 5.74) is 6.00. The van der Waals surface area contributed by atoms with Gasteiger partial charge in [0.25, 0.3) is 5.91 Å². The number of benzene rings is 1. The molecule has 3 atom stereocenters. The number of hydrogen-bond acceptors (Lipinski definition) is 2. The number of fused-ring (bicyclic) bond motifs is 2. The molecule has 1 aliphatic carbocycles. The Hall–Kier alpha value is -1.85. The molecule has 1 heterocycles. The number of carbonyl (C=O) groups is 2. The van der Waals surface area contributed by atoms with Crippen LogP contribution >= 0.6 is 0 Å². The first-order valence-electron chi connectivity index (χ1n) is 6.49. The number of amides is 2. The maximum atomic E-state index is 14.2. The third kappa shape index (κ3) is 1.60. The maximum Gasteiger partial charge on any atom is 0.254 e. The number of nitrogens with two attached hydrogens (primary N) is 1. The number of rotatable bonds is 2. The molecule has 3 rings (SSSR count). The van der Waals surface area contributed by atoms with Gasteiger partial charge in [0, 0.05) is 19.5 Å². The van der Waals surface area contributed by atoms with Crippen molar-refractivity contribution >= 4 is 25.1 Å². The van der Waals surface area contributed by atoms with Crippen molar-refractivity contribution in [1.29, 1.82) is 0 Å². The number of nitrogens with zero attached hydrogens (tertiary/aromatic N) is 1. The minimum absolute atomic E-state index is 0. The Morgan fingerprint density at radius 3 is 2.85 bits per heavy atom. The Morgan fingerprint density at radius 1 is 1.65 bits per heavy atom. The van der Waals surface area contributed by atoms with Gasteiger partial charge >= 0.3 is 0 Å². The van der Waals surface area contributed by atoms with Gasteiger partial charge in [-0.3, -0.25) is 9.59 Å². The Bertz CT molecular complexity index is 617. The fraction of sp³-hybridized carbons (Fsp3) is 0.429. The van der Waals surface area contributed by atoms with Crippen LogP contribution in [0, 0.1) is 5.92 Å². The molecule has 104 valence electrons. The summed E-state index contributed by atoms with van der Waals surface area (Å²) in [4.78, 5) is 24.8. The van der Waals surface area contributed by atoms with Crippen LogP contribution in [0.4, 0.5) is 4.39 Å². The van der Waals surface area contributed by atoms with E-state index in [0.29, 0.717) is 16.6 Å². The lowest BCUT2D eigenvalue weighted by Gasteiger charge is -2.34. The first-order chi connectivity index (χ1) is 9.37. The van der Waals surface area contributed by atoms with Gasteiger partial charge in [-0.1, -0.05) is 24.5 Å². The molecule has 2 N–H and O–H groups in total. The smallest absolute Gasteiger partial charge is 0.254 e. The van der Waals surface area contributed by atoms with Gasteiger partial charge in [0.1, 0.15) is 14.0 Å². The zero-order chi connectivity index (χ0) is 14.7. The molecule has 0 unspecified atom stereocenters. The van der Waals surface area contributed by atoms with E-state index >= 15 is 0 Å². The van der Waals surface area contributed by atoms with Gasteiger partial charge < -0.3 is 10.6 Å². The van der Waals surface area contributed by atoms with Crippen LogP contribution < -0.4 is 11.2 Å². The third-order valence-corrected chi connectivity index (χ3v) is 4.50. The van der Waals surface area contributed by atoms with Crippen LogP contribution in [-0.4, -0.2) is 43.8 Å². The van der Waals surface area contributed by atoms with Crippen molar-refractivity contribution in [3.63, 3.8) is 0 Å². The number of primary amides is 1. The summed E-state index contributed by atoms with van der Waals surface area (Å²) in [5.74, 6) is -1.10. The van der Waals surface area contributed by atoms with Crippen LogP contribution in [0.1, 0.15) is 24.3 Å². The van der Waals surface area contributed by atoms with Crippen LogP contribution in [-0.2, 0) is 10.2 Å². The monoisotopic (exact) mass is 274 g/mol. The molecule has 6 heteroatoms. The molecule has 20 heavy (non-hydrogen) atoms. The molecule has 1 aromatic carbocycles. The standard InChI is InChI=1S/C14H14BFN2O2.H2/c1-7-12(16)14(7)6-18(5-11(17)19)13(20)9-3-2-8(15)4-10(9)14;/h2-4,7,12H,5-6H2,1H3,(H2,17,19);1H/t7-,12+,14-;/m0./s1. The molecule has 1 spiro atoms. The molecule has 0 saturated heterocycles. The number of halogens is 1. The Labute approximate surface area is 119 Å². The second kappa shape index (κ2) is 4.07. The first kappa shape index (κ1) is 13.2. The van der Waals surface area contributed by atoms with Crippen molar-refractivity contribution in [2.45, 2.75) is 18.5 Å². The zero-order valence-electron chi connectivity index (χ0n) is 11.1. The Balaban J connectivity index is 0.00000161. The fourth-order valence-corrected chi connectivity index (χ4v) is 3.29. The summed E-state index contributed by atoms with van der Waals surface area (Å²) in [6.45, 7) is 1.79. The number of hydrogen-bond donors (Lipinski definition) is 1. The zero-order valence-corrected chi connectivity index (χ0v) is 11.1. The largest absolute Gasteiger partial charge is 0.368 e. The van der Waals surface area contributed by atoms with Crippen molar-refractivity contribution < 1.29 is 15.4 Å². The quantitative estimate of drug-likeness (QED) is 0.765. The van der Waals surface area contributed by atoms with Gasteiger partial charge in [0.15, 0.2) is 0 Å². The SMILES string of the molecule is [B]c1ccc2c(c1)[C@@]1(CN(CC(N)=O)C2=O)[C@H](F)[C@@H]1C.[HH]. The van der Waals surface area contributed by atoms with Crippen LogP contribution in [0.15, 0.2) is 18.2 Å². The van der Waals surface area contributed by atoms with E-state index in [1.165, 1.54) is 4.90 Å². The van der Waals surface area contributed by atoms with E-state index in [9.17, 15) is 14.0 Å². The summed E-state index contributed by atoms with van der Waals surface area (Å²) < 4.78 is 14.2. The average molecular weight is 274 g/mol. The van der Waals surface area contributed by atoms with Crippen LogP contribution in [0.3, 0.4) is 0 Å². The molecule has 0 aromatic heterocycles. The van der Waals surface area contributed by atoms with E-state index in [4.69, 9.17) is 13.6 Å². The Kier molecular flexibility index (Phi) is 2.68. The molecule has 2 radical (unpaired) electrons. The van der Waals surface area contributed by atoms with E-state index in [-0.39, 0.29) is 26.3 Å². The van der Waals surface area contributed by atoms with Gasteiger partial charge in [0.2, 0.25) is 5.91 Å². The first-order valence-corrected chi connectivity index (χ1v) is 6.49. The van der Waals surface area contributed by atoms with E-state index < -0.39 is 17.5 Å². The van der Waals surface area contributed by atoms with Gasteiger partial charge in [-0.2, -0.15) is 0 Å². The molecule has 1 aromatic rings. The fourth-order valence-electron chi connectivity index (χ4n) is 3.29. The Morgan fingerprint density at radius 2 is 2.30 bits per heavy atom. The summed E-state index contributed by atoms with van der Waals surface area (Å²) in [5, 5.41) is 0. The predicted molar refractivity (Wildman–Crippen MR) is 74.8 cm³/mol. The van der Waals surface area contributed by atoms with Crippen molar-refractivity contribution in [2.75, 3.05) is 13.1 Å². The highest BCUT2D eigenvalue weighted by atomic mass is 19.1. The van der Waals surface area contributed by atoms with Crippen molar-refractivity contribution in [3.8, 4) is 0 Å². The summed E-state index contributed by atoms with van der Waals surface area (Å²) >= 11 is 0. The van der Waals surface area contributed by atoms with E-state index in [0.717, 1.165) is 0 Å². The summed E-state index contributed by atoms with van der Waals surface area (Å²) in [6, 6.07) is 4.88. The molecule has 0 bridgehead atoms. The normalized spacial score (nSPS) is 31.3. The van der Waals surface area contributed by atoms with E-state index in [2.05, 4.69) is 0 Å². The molecular formula is C14H16BFN2O2. The molecule has 1 fully saturated rings. The lowest BCUT2D eigenvalue weighted by atomic mass is 9.80. The highest BCUT2D eigenvalue weighted by molar-refractivity contribution is 6.32. The lowest BCUT2D eigenvalue weighted by Crippen LogP contribution is -2.48. The van der Waals surface area contributed by atoms with Gasteiger partial charge in [0.05, 0.1) is 12.0 Å². The van der Waals surface area contributed by atoms with Crippen molar-refractivity contribution in [3.05, 3.63) is 29.3 Å².